The van der Waals surface area contributed by atoms with Crippen LogP contribution in [0.4, 0.5) is 11.4 Å². The van der Waals surface area contributed by atoms with Gasteiger partial charge in [0.1, 0.15) is 0 Å². The molecule has 0 fully saturated rings. The first kappa shape index (κ1) is 17.4. The van der Waals surface area contributed by atoms with E-state index in [0.717, 1.165) is 10.9 Å². The van der Waals surface area contributed by atoms with Gasteiger partial charge in [-0.15, -0.1) is 11.3 Å². The van der Waals surface area contributed by atoms with Crippen molar-refractivity contribution in [1.82, 2.24) is 5.32 Å². The minimum atomic E-state index is -1.06. The van der Waals surface area contributed by atoms with Gasteiger partial charge in [-0.1, -0.05) is 6.07 Å². The van der Waals surface area contributed by atoms with Crippen molar-refractivity contribution in [2.24, 2.45) is 0 Å². The van der Waals surface area contributed by atoms with Crippen LogP contribution in [0.1, 0.15) is 22.2 Å². The van der Waals surface area contributed by atoms with E-state index < -0.39 is 22.9 Å². The minimum Gasteiger partial charge on any atom is -0.449 e. The molecule has 3 N–H and O–H groups in total. The highest BCUT2D eigenvalue weighted by Crippen LogP contribution is 2.21. The fourth-order valence-corrected chi connectivity index (χ4v) is 2.49. The van der Waals surface area contributed by atoms with E-state index in [0.29, 0.717) is 6.54 Å². The van der Waals surface area contributed by atoms with Crippen molar-refractivity contribution in [1.29, 1.82) is 0 Å². The van der Waals surface area contributed by atoms with E-state index in [4.69, 9.17) is 10.5 Å². The van der Waals surface area contributed by atoms with E-state index in [2.05, 4.69) is 5.32 Å². The van der Waals surface area contributed by atoms with Gasteiger partial charge in [0.2, 0.25) is 0 Å². The molecule has 0 aliphatic rings. The summed E-state index contributed by atoms with van der Waals surface area (Å²) in [6, 6.07) is 7.18. The number of nitrogen functional groups attached to an aromatic ring is 1. The summed E-state index contributed by atoms with van der Waals surface area (Å²) < 4.78 is 5.03. The van der Waals surface area contributed by atoms with Crippen molar-refractivity contribution in [3.8, 4) is 0 Å². The summed E-state index contributed by atoms with van der Waals surface area (Å²) in [4.78, 5) is 35.1. The second-order valence-corrected chi connectivity index (χ2v) is 5.91. The summed E-state index contributed by atoms with van der Waals surface area (Å²) in [5.41, 5.74) is 5.24. The second-order valence-electron chi connectivity index (χ2n) is 4.87. The number of nitrogens with one attached hydrogen (secondary N) is 1. The lowest BCUT2D eigenvalue weighted by atomic mass is 10.1. The minimum absolute atomic E-state index is 0.0387. The molecule has 8 nitrogen and oxygen atoms in total. The first-order valence-electron chi connectivity index (χ1n) is 6.93. The van der Waals surface area contributed by atoms with Gasteiger partial charge in [-0.2, -0.15) is 0 Å². The summed E-state index contributed by atoms with van der Waals surface area (Å²) in [7, 11) is 0. The second kappa shape index (κ2) is 7.55. The number of hydrogen-bond donors (Lipinski definition) is 2. The maximum Gasteiger partial charge on any atom is 0.341 e. The Hall–Kier alpha value is -2.94. The van der Waals surface area contributed by atoms with Crippen molar-refractivity contribution in [2.75, 3.05) is 5.73 Å². The van der Waals surface area contributed by atoms with Crippen LogP contribution >= 0.6 is 11.3 Å². The van der Waals surface area contributed by atoms with Gasteiger partial charge in [0.15, 0.2) is 6.10 Å². The fraction of sp³-hybridized carbons (Fsp3) is 0.200. The van der Waals surface area contributed by atoms with E-state index >= 15 is 0 Å². The SMILES string of the molecule is C[C@H](OC(=O)c1cc([N+](=O)[O-])ccc1N)C(=O)NCc1cccs1. The molecule has 0 aliphatic heterocycles. The number of ether oxygens (including phenoxy) is 1. The number of nitrogens with zero attached hydrogens (tertiary/aromatic N) is 1. The molecule has 0 saturated heterocycles. The van der Waals surface area contributed by atoms with E-state index in [9.17, 15) is 19.7 Å². The monoisotopic (exact) mass is 349 g/mol. The Kier molecular flexibility index (Phi) is 5.48. The van der Waals surface area contributed by atoms with Crippen LogP contribution in [0.5, 0.6) is 0 Å². The lowest BCUT2D eigenvalue weighted by Gasteiger charge is -2.14. The summed E-state index contributed by atoms with van der Waals surface area (Å²) in [5.74, 6) is -1.37. The first-order chi connectivity index (χ1) is 11.4. The maximum absolute atomic E-state index is 12.1. The van der Waals surface area contributed by atoms with Crippen molar-refractivity contribution in [3.63, 3.8) is 0 Å². The predicted octanol–water partition coefficient (Wildman–Crippen LogP) is 2.10. The number of anilines is 1. The molecule has 0 saturated carbocycles. The summed E-state index contributed by atoms with van der Waals surface area (Å²) in [6.45, 7) is 1.74. The van der Waals surface area contributed by atoms with Gasteiger partial charge in [-0.05, 0) is 24.4 Å². The van der Waals surface area contributed by atoms with E-state index in [1.54, 1.807) is 0 Å². The van der Waals surface area contributed by atoms with Crippen LogP contribution in [0.15, 0.2) is 35.7 Å². The molecule has 9 heteroatoms. The van der Waals surface area contributed by atoms with Crippen LogP contribution in [0, 0.1) is 10.1 Å². The van der Waals surface area contributed by atoms with Crippen LogP contribution in [0.25, 0.3) is 0 Å². The zero-order valence-electron chi connectivity index (χ0n) is 12.7. The van der Waals surface area contributed by atoms with E-state index in [1.165, 1.54) is 30.4 Å². The summed E-state index contributed by atoms with van der Waals surface area (Å²) >= 11 is 1.49. The number of rotatable bonds is 6. The number of benzene rings is 1. The summed E-state index contributed by atoms with van der Waals surface area (Å²) in [5, 5.41) is 15.3. The van der Waals surface area contributed by atoms with Crippen LogP contribution < -0.4 is 11.1 Å². The fourth-order valence-electron chi connectivity index (χ4n) is 1.84. The third-order valence-electron chi connectivity index (χ3n) is 3.14. The van der Waals surface area contributed by atoms with Crippen LogP contribution in [0.2, 0.25) is 0 Å². The third kappa shape index (κ3) is 4.29. The topological polar surface area (TPSA) is 125 Å². The molecule has 1 atom stereocenters. The van der Waals surface area contributed by atoms with Gasteiger partial charge in [-0.3, -0.25) is 14.9 Å². The average molecular weight is 349 g/mol. The standard InChI is InChI=1S/C15H15N3O5S/c1-9(14(19)17-8-11-3-2-6-24-11)23-15(20)12-7-10(18(21)22)4-5-13(12)16/h2-7,9H,8,16H2,1H3,(H,17,19)/t9-/m0/s1. The smallest absolute Gasteiger partial charge is 0.341 e. The number of thiophene rings is 1. The number of esters is 1. The molecule has 0 bridgehead atoms. The van der Waals surface area contributed by atoms with Crippen LogP contribution in [-0.4, -0.2) is 22.9 Å². The highest BCUT2D eigenvalue weighted by Gasteiger charge is 2.22. The number of nitro benzene ring substituents is 1. The molecule has 2 rings (SSSR count). The molecular weight excluding hydrogens is 334 g/mol. The van der Waals surface area contributed by atoms with Crippen molar-refractivity contribution in [3.05, 3.63) is 56.3 Å². The average Bonchev–Trinajstić information content (AvgIpc) is 3.05. The lowest BCUT2D eigenvalue weighted by molar-refractivity contribution is -0.384. The highest BCUT2D eigenvalue weighted by molar-refractivity contribution is 7.09. The molecule has 24 heavy (non-hydrogen) atoms. The number of non-ortho nitro benzene ring substituents is 1. The van der Waals surface area contributed by atoms with Crippen molar-refractivity contribution in [2.45, 2.75) is 19.6 Å². The molecule has 0 spiro atoms. The first-order valence-corrected chi connectivity index (χ1v) is 7.81. The summed E-state index contributed by atoms with van der Waals surface area (Å²) in [6.07, 6.45) is -1.06. The molecular formula is C15H15N3O5S. The zero-order chi connectivity index (χ0) is 17.7. The molecule has 1 aromatic carbocycles. The molecule has 2 aromatic rings. The van der Waals surface area contributed by atoms with Crippen LogP contribution in [0.3, 0.4) is 0 Å². The number of carbonyl (C=O) groups is 2. The molecule has 0 radical (unpaired) electrons. The van der Waals surface area contributed by atoms with Gasteiger partial charge >= 0.3 is 5.97 Å². The van der Waals surface area contributed by atoms with Gasteiger partial charge < -0.3 is 15.8 Å². The Labute approximate surface area is 141 Å². The Morgan fingerprint density at radius 1 is 1.42 bits per heavy atom. The number of carbonyl (C=O) groups excluding carboxylic acids is 2. The van der Waals surface area contributed by atoms with Gasteiger partial charge in [-0.25, -0.2) is 4.79 Å². The molecule has 0 unspecified atom stereocenters. The molecule has 0 aliphatic carbocycles. The predicted molar refractivity (Wildman–Crippen MR) is 88.6 cm³/mol. The Balaban J connectivity index is 1.99. The maximum atomic E-state index is 12.1. The van der Waals surface area contributed by atoms with Gasteiger partial charge in [0.05, 0.1) is 17.0 Å². The quantitative estimate of drug-likeness (QED) is 0.356. The molecule has 1 heterocycles. The Morgan fingerprint density at radius 3 is 2.79 bits per heavy atom. The Morgan fingerprint density at radius 2 is 2.17 bits per heavy atom. The van der Waals surface area contributed by atoms with E-state index in [1.807, 2.05) is 17.5 Å². The van der Waals surface area contributed by atoms with Crippen molar-refractivity contribution < 1.29 is 19.2 Å². The molecule has 1 aromatic heterocycles. The molecule has 1 amide bonds. The highest BCUT2D eigenvalue weighted by atomic mass is 32.1. The van der Waals surface area contributed by atoms with Crippen LogP contribution in [-0.2, 0) is 16.1 Å². The lowest BCUT2D eigenvalue weighted by Crippen LogP contribution is -2.35. The number of nitrogens with two attached hydrogens (primary N) is 1. The van der Waals surface area contributed by atoms with E-state index in [-0.39, 0.29) is 16.9 Å². The van der Waals surface area contributed by atoms with Gasteiger partial charge in [0.25, 0.3) is 11.6 Å². The number of amides is 1. The molecule has 126 valence electrons. The number of hydrogen-bond acceptors (Lipinski definition) is 7. The normalized spacial score (nSPS) is 11.5. The Bertz CT molecular complexity index is 760. The van der Waals surface area contributed by atoms with Gasteiger partial charge in [0, 0.05) is 22.7 Å². The largest absolute Gasteiger partial charge is 0.449 e. The number of nitro groups is 1. The van der Waals surface area contributed by atoms with Crippen molar-refractivity contribution >= 4 is 34.6 Å². The zero-order valence-corrected chi connectivity index (χ0v) is 13.5. The third-order valence-corrected chi connectivity index (χ3v) is 4.01.